The van der Waals surface area contributed by atoms with Crippen molar-refractivity contribution in [1.29, 1.82) is 0 Å². The number of aliphatic imine (C=N–C) groups is 1. The molecule has 0 spiro atoms. The number of carbonyl (C=O) groups is 1. The van der Waals surface area contributed by atoms with Crippen molar-refractivity contribution in [3.05, 3.63) is 76.5 Å². The van der Waals surface area contributed by atoms with E-state index in [4.69, 9.17) is 15.6 Å². The van der Waals surface area contributed by atoms with Gasteiger partial charge >= 0.3 is 5.97 Å². The number of rotatable bonds is 4. The number of guanidine groups is 1. The van der Waals surface area contributed by atoms with Crippen molar-refractivity contribution in [2.75, 3.05) is 13.1 Å². The molecule has 2 unspecified atom stereocenters. The van der Waals surface area contributed by atoms with Gasteiger partial charge in [-0.3, -0.25) is 4.79 Å². The van der Waals surface area contributed by atoms with E-state index in [0.29, 0.717) is 30.2 Å². The zero-order valence-electron chi connectivity index (χ0n) is 17.4. The van der Waals surface area contributed by atoms with Crippen LogP contribution in [0.15, 0.2) is 64.4 Å². The summed E-state index contributed by atoms with van der Waals surface area (Å²) in [5, 5.41) is 5.68. The Labute approximate surface area is 188 Å². The average molecular weight is 452 g/mol. The van der Waals surface area contributed by atoms with Crippen LogP contribution in [0.5, 0.6) is 0 Å². The van der Waals surface area contributed by atoms with Crippen LogP contribution >= 0.6 is 11.3 Å². The van der Waals surface area contributed by atoms with Crippen LogP contribution in [0, 0.1) is 5.95 Å². The number of nitrogens with zero attached hydrogens (tertiary/aromatic N) is 4. The van der Waals surface area contributed by atoms with Crippen molar-refractivity contribution in [3.8, 4) is 11.1 Å². The molecule has 1 saturated heterocycles. The largest absolute Gasteiger partial charge is 0.370 e. The number of hydrogen-bond acceptors (Lipinski definition) is 8. The van der Waals surface area contributed by atoms with E-state index >= 15 is 0 Å². The Morgan fingerprint density at radius 2 is 2.12 bits per heavy atom. The lowest BCUT2D eigenvalue weighted by molar-refractivity contribution is -0.226. The van der Waals surface area contributed by atoms with Gasteiger partial charge in [-0.05, 0) is 58.1 Å². The molecule has 1 aromatic carbocycles. The lowest BCUT2D eigenvalue weighted by Gasteiger charge is -2.45. The van der Waals surface area contributed by atoms with E-state index in [1.54, 1.807) is 28.5 Å². The maximum Gasteiger partial charge on any atom is 0.322 e. The van der Waals surface area contributed by atoms with Crippen molar-refractivity contribution >= 4 is 23.3 Å². The molecular formula is C23H22FN5O2S. The molecule has 2 aromatic heterocycles. The second-order valence-electron chi connectivity index (χ2n) is 7.82. The molecule has 1 fully saturated rings. The number of hydrogen-bond donors (Lipinski definition) is 1. The molecule has 9 heteroatoms. The molecule has 164 valence electrons. The van der Waals surface area contributed by atoms with Gasteiger partial charge in [0, 0.05) is 31.8 Å². The zero-order valence-corrected chi connectivity index (χ0v) is 18.3. The van der Waals surface area contributed by atoms with Gasteiger partial charge in [0.05, 0.1) is 0 Å². The molecule has 0 aliphatic carbocycles. The highest BCUT2D eigenvalue weighted by Gasteiger charge is 2.56. The Hall–Kier alpha value is -3.30. The quantitative estimate of drug-likeness (QED) is 0.613. The Balaban J connectivity index is 1.71. The first-order valence-electron chi connectivity index (χ1n) is 10.3. The molecule has 0 amide bonds. The molecule has 0 saturated carbocycles. The maximum absolute atomic E-state index is 14.5. The Bertz CT molecular complexity index is 1180. The number of pyridine rings is 1. The minimum Gasteiger partial charge on any atom is -0.370 e. The van der Waals surface area contributed by atoms with E-state index in [2.05, 4.69) is 4.98 Å². The van der Waals surface area contributed by atoms with E-state index in [-0.39, 0.29) is 0 Å². The van der Waals surface area contributed by atoms with E-state index in [9.17, 15) is 9.18 Å². The smallest absolute Gasteiger partial charge is 0.322 e. The zero-order chi connectivity index (χ0) is 22.3. The second-order valence-corrected chi connectivity index (χ2v) is 8.60. The standard InChI is InChI=1S/C23H22FN5O2S/c1-15(30)31-29-11-4-10-28-21(29)23(27-22(28)25,18-8-12-32-14-18)17-6-2-5-16(13-17)19-7-3-9-26-20(19)24/h2-3,5-9,12-14,21H,4,10-11H2,1H3,(H2,25,27). The fraction of sp³-hybridized carbons (Fsp3) is 0.261. The van der Waals surface area contributed by atoms with Crippen molar-refractivity contribution in [3.63, 3.8) is 0 Å². The molecule has 5 rings (SSSR count). The number of nitrogens with two attached hydrogens (primary N) is 1. The topological polar surface area (TPSA) is 84.0 Å². The third-order valence-corrected chi connectivity index (χ3v) is 6.57. The van der Waals surface area contributed by atoms with E-state index in [1.807, 2.05) is 46.0 Å². The third kappa shape index (κ3) is 3.25. The number of benzene rings is 1. The summed E-state index contributed by atoms with van der Waals surface area (Å²) in [6, 6.07) is 13.0. The predicted octanol–water partition coefficient (Wildman–Crippen LogP) is 3.33. The summed E-state index contributed by atoms with van der Waals surface area (Å²) < 4.78 is 14.5. The van der Waals surface area contributed by atoms with Crippen LogP contribution in [0.1, 0.15) is 24.5 Å². The van der Waals surface area contributed by atoms with Gasteiger partial charge in [0.1, 0.15) is 0 Å². The number of hydroxylamine groups is 2. The van der Waals surface area contributed by atoms with E-state index in [0.717, 1.165) is 17.5 Å². The van der Waals surface area contributed by atoms with Crippen LogP contribution in [0.4, 0.5) is 4.39 Å². The van der Waals surface area contributed by atoms with Gasteiger partial charge in [-0.1, -0.05) is 18.2 Å². The highest BCUT2D eigenvalue weighted by molar-refractivity contribution is 7.08. The second kappa shape index (κ2) is 7.99. The van der Waals surface area contributed by atoms with Crippen molar-refractivity contribution in [2.24, 2.45) is 10.7 Å². The lowest BCUT2D eigenvalue weighted by Crippen LogP contribution is -2.61. The van der Waals surface area contributed by atoms with Crippen LogP contribution in [-0.2, 0) is 15.2 Å². The van der Waals surface area contributed by atoms with Crippen molar-refractivity contribution in [1.82, 2.24) is 14.9 Å². The molecule has 2 atom stereocenters. The van der Waals surface area contributed by atoms with Crippen LogP contribution in [0.25, 0.3) is 11.1 Å². The molecule has 4 heterocycles. The van der Waals surface area contributed by atoms with Crippen LogP contribution in [0.2, 0.25) is 0 Å². The van der Waals surface area contributed by atoms with Gasteiger partial charge in [0.25, 0.3) is 0 Å². The molecule has 0 bridgehead atoms. The summed E-state index contributed by atoms with van der Waals surface area (Å²) in [4.78, 5) is 28.3. The SMILES string of the molecule is CC(=O)ON1CCCN2C(N)=NC(c3ccsc3)(c3cccc(-c4cccnc4F)c3)C12. The Morgan fingerprint density at radius 3 is 2.88 bits per heavy atom. The first kappa shape index (κ1) is 20.6. The summed E-state index contributed by atoms with van der Waals surface area (Å²) >= 11 is 1.55. The first-order chi connectivity index (χ1) is 15.5. The van der Waals surface area contributed by atoms with Gasteiger partial charge in [-0.2, -0.15) is 15.7 Å². The van der Waals surface area contributed by atoms with Crippen molar-refractivity contribution < 1.29 is 14.0 Å². The molecular weight excluding hydrogens is 429 g/mol. The molecule has 2 aliphatic heterocycles. The third-order valence-electron chi connectivity index (χ3n) is 5.88. The number of fused-ring (bicyclic) bond motifs is 1. The van der Waals surface area contributed by atoms with Gasteiger partial charge in [-0.25, -0.2) is 9.98 Å². The molecule has 3 aromatic rings. The summed E-state index contributed by atoms with van der Waals surface area (Å²) in [5.41, 5.74) is 8.31. The minimum atomic E-state index is -0.950. The molecule has 2 aliphatic rings. The fourth-order valence-electron chi connectivity index (χ4n) is 4.63. The monoisotopic (exact) mass is 451 g/mol. The highest BCUT2D eigenvalue weighted by atomic mass is 32.1. The van der Waals surface area contributed by atoms with Crippen LogP contribution in [-0.4, -0.2) is 46.1 Å². The average Bonchev–Trinajstić information content (AvgIpc) is 3.42. The molecule has 2 N–H and O–H groups in total. The number of carbonyl (C=O) groups excluding carboxylic acids is 1. The fourth-order valence-corrected chi connectivity index (χ4v) is 5.34. The van der Waals surface area contributed by atoms with E-state index in [1.165, 1.54) is 13.1 Å². The Morgan fingerprint density at radius 1 is 1.25 bits per heavy atom. The molecule has 32 heavy (non-hydrogen) atoms. The minimum absolute atomic E-state index is 0.385. The molecule has 7 nitrogen and oxygen atoms in total. The van der Waals surface area contributed by atoms with Crippen LogP contribution in [0.3, 0.4) is 0 Å². The van der Waals surface area contributed by atoms with Crippen LogP contribution < -0.4 is 5.73 Å². The van der Waals surface area contributed by atoms with Crippen molar-refractivity contribution in [2.45, 2.75) is 25.0 Å². The number of thiophene rings is 1. The maximum atomic E-state index is 14.5. The predicted molar refractivity (Wildman–Crippen MR) is 120 cm³/mol. The highest BCUT2D eigenvalue weighted by Crippen LogP contribution is 2.47. The number of halogens is 1. The molecule has 0 radical (unpaired) electrons. The first-order valence-corrected chi connectivity index (χ1v) is 11.3. The lowest BCUT2D eigenvalue weighted by atomic mass is 9.80. The van der Waals surface area contributed by atoms with E-state index < -0.39 is 23.6 Å². The normalized spacial score (nSPS) is 23.0. The summed E-state index contributed by atoms with van der Waals surface area (Å²) in [6.07, 6.45) is 1.75. The van der Waals surface area contributed by atoms with Gasteiger partial charge < -0.3 is 15.5 Å². The van der Waals surface area contributed by atoms with Gasteiger partial charge in [-0.15, -0.1) is 5.06 Å². The number of aromatic nitrogens is 1. The Kier molecular flexibility index (Phi) is 5.15. The summed E-state index contributed by atoms with van der Waals surface area (Å²) in [5.74, 6) is -0.553. The van der Waals surface area contributed by atoms with Gasteiger partial charge in [0.15, 0.2) is 17.7 Å². The van der Waals surface area contributed by atoms with Gasteiger partial charge in [0.2, 0.25) is 5.95 Å². The summed E-state index contributed by atoms with van der Waals surface area (Å²) in [6.45, 7) is 2.64. The summed E-state index contributed by atoms with van der Waals surface area (Å²) in [7, 11) is 0.